The lowest BCUT2D eigenvalue weighted by Crippen LogP contribution is -2.51. The number of ether oxygens (including phenoxy) is 4. The van der Waals surface area contributed by atoms with E-state index < -0.39 is 47.4 Å². The van der Waals surface area contributed by atoms with Gasteiger partial charge in [0, 0.05) is 69.3 Å². The molecule has 2 fully saturated rings. The van der Waals surface area contributed by atoms with E-state index in [1.165, 1.54) is 18.7 Å². The van der Waals surface area contributed by atoms with Crippen LogP contribution in [0.4, 0.5) is 0 Å². The molecule has 0 aliphatic carbocycles. The number of halogens is 1. The molecular formula is C45H63ClN4O8S. The van der Waals surface area contributed by atoms with Crippen molar-refractivity contribution >= 4 is 48.0 Å². The number of esters is 2. The van der Waals surface area contributed by atoms with Crippen molar-refractivity contribution in [3.63, 3.8) is 0 Å². The average molecular weight is 856 g/mol. The van der Waals surface area contributed by atoms with Crippen LogP contribution >= 0.6 is 24.2 Å². The van der Waals surface area contributed by atoms with E-state index in [-0.39, 0.29) is 54.6 Å². The molecule has 3 aliphatic rings. The zero-order chi connectivity index (χ0) is 43.1. The number of methoxy groups -OCH3 is 1. The highest BCUT2D eigenvalue weighted by Gasteiger charge is 2.48. The van der Waals surface area contributed by atoms with Crippen molar-refractivity contribution in [2.75, 3.05) is 46.4 Å². The highest BCUT2D eigenvalue weighted by Crippen LogP contribution is 2.45. The average Bonchev–Trinajstić information content (AvgIpc) is 3.97. The van der Waals surface area contributed by atoms with Crippen molar-refractivity contribution in [1.29, 1.82) is 0 Å². The fraction of sp³-hybridized carbons (Fsp3) is 0.600. The molecule has 3 heterocycles. The van der Waals surface area contributed by atoms with Gasteiger partial charge in [-0.05, 0) is 74.9 Å². The molecule has 12 nitrogen and oxygen atoms in total. The number of nitrogens with one attached hydrogen (secondary N) is 2. The van der Waals surface area contributed by atoms with Gasteiger partial charge in [-0.2, -0.15) is 12.6 Å². The lowest BCUT2D eigenvalue weighted by molar-refractivity contribution is -0.179. The van der Waals surface area contributed by atoms with E-state index in [1.54, 1.807) is 38.1 Å². The smallest absolute Gasteiger partial charge is 0.347 e. The second kappa shape index (κ2) is 20.3. The minimum atomic E-state index is -1.21. The molecule has 14 heteroatoms. The number of nitrogens with zero attached hydrogens (tertiary/aromatic N) is 2. The van der Waals surface area contributed by atoms with Crippen molar-refractivity contribution in [3.05, 3.63) is 76.3 Å². The van der Waals surface area contributed by atoms with Gasteiger partial charge in [0.15, 0.2) is 6.10 Å². The number of rotatable bonds is 12. The molecule has 324 valence electrons. The molecule has 2 N–H and O–H groups in total. The van der Waals surface area contributed by atoms with Gasteiger partial charge < -0.3 is 29.6 Å². The van der Waals surface area contributed by atoms with E-state index in [9.17, 15) is 19.2 Å². The van der Waals surface area contributed by atoms with E-state index in [4.69, 9.17) is 43.2 Å². The Balaban J connectivity index is 1.30. The van der Waals surface area contributed by atoms with Crippen molar-refractivity contribution < 1.29 is 38.1 Å². The highest BCUT2D eigenvalue weighted by atomic mass is 35.5. The summed E-state index contributed by atoms with van der Waals surface area (Å²) in [5, 5.41) is 5.96. The fourth-order valence-electron chi connectivity index (χ4n) is 7.55. The standard InChI is InChI=1S/C45H63ClN4O8S/c1-28(2)22-37-42(53)56-35(29(3)39-40(58-39)32-15-12-30(13-16-32)25-49-18-20-50(21-19-49)27-45(6,7)59)10-9-11-38(51)48-34(24-31-14-17-36(55-8)33(46)23-31)41(52)47-26-44(4,5)43(54)57-37/h9,11-17,23,28-29,34-35,37,39-40,59H,10,18-22,24-27H2,1-8H3,(H,47,52)(H,48,51)/b11-9-/t29-,34+,35-,37-,39+,40+/m0/s1. The van der Waals surface area contributed by atoms with Crippen LogP contribution in [-0.4, -0.2) is 109 Å². The molecule has 0 bridgehead atoms. The van der Waals surface area contributed by atoms with Gasteiger partial charge in [-0.15, -0.1) is 0 Å². The van der Waals surface area contributed by atoms with Gasteiger partial charge in [-0.3, -0.25) is 24.2 Å². The van der Waals surface area contributed by atoms with Crippen LogP contribution in [0.1, 0.15) is 84.1 Å². The van der Waals surface area contributed by atoms with Crippen LogP contribution in [0, 0.1) is 17.3 Å². The Hall–Kier alpha value is -3.62. The highest BCUT2D eigenvalue weighted by molar-refractivity contribution is 7.81. The van der Waals surface area contributed by atoms with Crippen LogP contribution in [0.2, 0.25) is 5.02 Å². The third-order valence-electron chi connectivity index (χ3n) is 11.1. The maximum Gasteiger partial charge on any atom is 0.347 e. The number of thiol groups is 1. The van der Waals surface area contributed by atoms with Gasteiger partial charge in [-0.25, -0.2) is 4.79 Å². The van der Waals surface area contributed by atoms with E-state index in [0.717, 1.165) is 44.8 Å². The van der Waals surface area contributed by atoms with Crippen LogP contribution in [-0.2, 0) is 46.4 Å². The summed E-state index contributed by atoms with van der Waals surface area (Å²) in [5.41, 5.74) is 1.76. The molecule has 6 atom stereocenters. The number of carbonyl (C=O) groups excluding carboxylic acids is 4. The molecule has 0 aromatic heterocycles. The maximum absolute atomic E-state index is 13.8. The summed E-state index contributed by atoms with van der Waals surface area (Å²) in [5.74, 6) is -2.11. The van der Waals surface area contributed by atoms with Gasteiger partial charge in [0.05, 0.1) is 23.7 Å². The number of amides is 2. The quantitative estimate of drug-likeness (QED) is 0.134. The second-order valence-corrected chi connectivity index (χ2v) is 19.6. The zero-order valence-corrected chi connectivity index (χ0v) is 37.4. The van der Waals surface area contributed by atoms with Crippen LogP contribution in [0.25, 0.3) is 0 Å². The Kier molecular flexibility index (Phi) is 16.0. The van der Waals surface area contributed by atoms with E-state index in [2.05, 4.69) is 58.5 Å². The molecular weight excluding hydrogens is 792 g/mol. The predicted octanol–water partition coefficient (Wildman–Crippen LogP) is 5.95. The molecule has 2 aromatic rings. The van der Waals surface area contributed by atoms with Crippen LogP contribution in [0.5, 0.6) is 5.75 Å². The van der Waals surface area contributed by atoms with Crippen LogP contribution in [0.15, 0.2) is 54.6 Å². The number of cyclic esters (lactones) is 2. The molecule has 5 rings (SSSR count). The Morgan fingerprint density at radius 2 is 1.63 bits per heavy atom. The minimum absolute atomic E-state index is 0.00893. The summed E-state index contributed by atoms with van der Waals surface area (Å²) in [7, 11) is 1.51. The van der Waals surface area contributed by atoms with Crippen LogP contribution < -0.4 is 15.4 Å². The van der Waals surface area contributed by atoms with E-state index >= 15 is 0 Å². The molecule has 2 aromatic carbocycles. The SMILES string of the molecule is COc1ccc(C[C@H]2NC(=O)/C=C\C[C@@H]([C@H](C)[C@H]3O[C@@H]3c3ccc(CN4CCN(CC(C)(C)S)CC4)cc3)OC(=O)[C@H](CC(C)C)OC(=O)C(C)(C)CNC2=O)cc1Cl. The number of benzene rings is 2. The van der Waals surface area contributed by atoms with Crippen LogP contribution in [0.3, 0.4) is 0 Å². The molecule has 0 radical (unpaired) electrons. The molecule has 0 unspecified atom stereocenters. The molecule has 2 saturated heterocycles. The number of epoxide rings is 1. The normalized spacial score (nSPS) is 26.3. The van der Waals surface area contributed by atoms with E-state index in [0.29, 0.717) is 16.3 Å². The lowest BCUT2D eigenvalue weighted by Gasteiger charge is -2.37. The third-order valence-corrected chi connectivity index (χ3v) is 11.5. The molecule has 59 heavy (non-hydrogen) atoms. The van der Waals surface area contributed by atoms with E-state index in [1.807, 2.05) is 20.8 Å². The number of piperazine rings is 1. The summed E-state index contributed by atoms with van der Waals surface area (Å²) >= 11 is 11.1. The number of hydrogen-bond donors (Lipinski definition) is 3. The molecule has 0 spiro atoms. The summed E-state index contributed by atoms with van der Waals surface area (Å²) < 4.78 is 23.5. The number of carbonyl (C=O) groups is 4. The Morgan fingerprint density at radius 1 is 0.966 bits per heavy atom. The number of hydrogen-bond acceptors (Lipinski definition) is 11. The third kappa shape index (κ3) is 13.7. The summed E-state index contributed by atoms with van der Waals surface area (Å²) in [4.78, 5) is 59.3. The van der Waals surface area contributed by atoms with Gasteiger partial charge in [0.25, 0.3) is 0 Å². The lowest BCUT2D eigenvalue weighted by atomic mass is 9.92. The van der Waals surface area contributed by atoms with Gasteiger partial charge in [0.1, 0.15) is 24.0 Å². The maximum atomic E-state index is 13.8. The first-order chi connectivity index (χ1) is 27.8. The Morgan fingerprint density at radius 3 is 2.25 bits per heavy atom. The molecule has 3 aliphatic heterocycles. The van der Waals surface area contributed by atoms with Gasteiger partial charge >= 0.3 is 11.9 Å². The summed E-state index contributed by atoms with van der Waals surface area (Å²) in [6, 6.07) is 12.7. The first-order valence-electron chi connectivity index (χ1n) is 20.7. The van der Waals surface area contributed by atoms with Gasteiger partial charge in [0.2, 0.25) is 11.8 Å². The Bertz CT molecular complexity index is 1810. The monoisotopic (exact) mass is 854 g/mol. The second-order valence-electron chi connectivity index (χ2n) is 18.0. The minimum Gasteiger partial charge on any atom is -0.495 e. The zero-order valence-electron chi connectivity index (χ0n) is 35.8. The largest absolute Gasteiger partial charge is 0.495 e. The fourth-order valence-corrected chi connectivity index (χ4v) is 8.03. The Labute approximate surface area is 360 Å². The first kappa shape index (κ1) is 46.4. The summed E-state index contributed by atoms with van der Waals surface area (Å²) in [6.45, 7) is 19.2. The van der Waals surface area contributed by atoms with Gasteiger partial charge in [-0.1, -0.05) is 68.8 Å². The summed E-state index contributed by atoms with van der Waals surface area (Å²) in [6.07, 6.45) is 1.24. The van der Waals surface area contributed by atoms with Crippen molar-refractivity contribution in [2.45, 2.75) is 109 Å². The van der Waals surface area contributed by atoms with Crippen molar-refractivity contribution in [1.82, 2.24) is 20.4 Å². The molecule has 0 saturated carbocycles. The van der Waals surface area contributed by atoms with Crippen molar-refractivity contribution in [2.24, 2.45) is 17.3 Å². The molecule has 2 amide bonds. The topological polar surface area (TPSA) is 139 Å². The first-order valence-corrected chi connectivity index (χ1v) is 21.5. The predicted molar refractivity (Wildman–Crippen MR) is 231 cm³/mol. The van der Waals surface area contributed by atoms with Crippen molar-refractivity contribution in [3.8, 4) is 5.75 Å².